The molecular weight excluding hydrogens is 572 g/mol. The molecule has 11 nitrogen and oxygen atoms in total. The smallest absolute Gasteiger partial charge is 0.407 e. The fourth-order valence-corrected chi connectivity index (χ4v) is 5.61. The van der Waals surface area contributed by atoms with E-state index in [1.165, 1.54) is 27.8 Å². The van der Waals surface area contributed by atoms with Crippen LogP contribution in [0.3, 0.4) is 0 Å². The van der Waals surface area contributed by atoms with Gasteiger partial charge >= 0.3 is 12.3 Å². The third-order valence-corrected chi connectivity index (χ3v) is 7.86. The summed E-state index contributed by atoms with van der Waals surface area (Å²) in [7, 11) is -4.47. The topological polar surface area (TPSA) is 147 Å². The molecule has 1 aromatic carbocycles. The Morgan fingerprint density at radius 1 is 1.20 bits per heavy atom. The molecule has 3 aromatic rings. The average molecular weight is 601 g/mol. The van der Waals surface area contributed by atoms with E-state index >= 15 is 0 Å². The monoisotopic (exact) mass is 600 g/mol. The van der Waals surface area contributed by atoms with Gasteiger partial charge in [-0.25, -0.2) is 22.6 Å². The summed E-state index contributed by atoms with van der Waals surface area (Å²) < 4.78 is 79.3. The third-order valence-electron chi connectivity index (χ3n) is 6.59. The summed E-state index contributed by atoms with van der Waals surface area (Å²) in [5, 5.41) is 12.8. The van der Waals surface area contributed by atoms with E-state index in [0.29, 0.717) is 37.0 Å². The molecule has 2 aromatic heterocycles. The number of carbonyl (C=O) groups is 1. The third kappa shape index (κ3) is 7.23. The van der Waals surface area contributed by atoms with Gasteiger partial charge in [-0.05, 0) is 50.5 Å². The molecule has 0 saturated carbocycles. The average Bonchev–Trinajstić information content (AvgIpc) is 2.88. The van der Waals surface area contributed by atoms with Crippen molar-refractivity contribution < 1.29 is 35.9 Å². The van der Waals surface area contributed by atoms with Crippen LogP contribution in [0.15, 0.2) is 35.3 Å². The molecule has 16 heteroatoms. The molecule has 1 aliphatic heterocycles. The van der Waals surface area contributed by atoms with Crippen LogP contribution in [0, 0.1) is 5.82 Å². The Morgan fingerprint density at radius 2 is 1.88 bits per heavy atom. The van der Waals surface area contributed by atoms with Gasteiger partial charge in [0.25, 0.3) is 5.56 Å². The number of hydrogen-bond acceptors (Lipinski definition) is 7. The summed E-state index contributed by atoms with van der Waals surface area (Å²) in [6.45, 7) is 4.26. The number of amides is 1. The number of benzene rings is 1. The predicted octanol–water partition coefficient (Wildman–Crippen LogP) is 4.43. The number of carboxylic acid groups (broad SMARTS) is 1. The van der Waals surface area contributed by atoms with Gasteiger partial charge in [-0.15, -0.1) is 0 Å². The zero-order valence-corrected chi connectivity index (χ0v) is 22.9. The highest BCUT2D eigenvalue weighted by Gasteiger charge is 2.30. The number of alkyl halides is 3. The van der Waals surface area contributed by atoms with E-state index in [9.17, 15) is 35.6 Å². The SMILES string of the molecule is CC(C)n1c(=O)c(-c2ccc(NS(=O)(=O)CCC(F)(F)F)c(F)c2)cc2cnc(NC3CCN(C(=O)O)CC3)nc21. The highest BCUT2D eigenvalue weighted by Crippen LogP contribution is 2.27. The fraction of sp³-hybridized carbons (Fsp3) is 0.440. The zero-order valence-electron chi connectivity index (χ0n) is 22.1. The molecule has 0 aliphatic carbocycles. The van der Waals surface area contributed by atoms with Crippen molar-refractivity contribution in [2.24, 2.45) is 0 Å². The lowest BCUT2D eigenvalue weighted by molar-refractivity contribution is -0.129. The quantitative estimate of drug-likeness (QED) is 0.322. The molecule has 1 amide bonds. The van der Waals surface area contributed by atoms with Crippen LogP contribution >= 0.6 is 0 Å². The van der Waals surface area contributed by atoms with E-state index in [0.717, 1.165) is 12.1 Å². The summed E-state index contributed by atoms with van der Waals surface area (Å²) in [4.78, 5) is 34.8. The van der Waals surface area contributed by atoms with Crippen LogP contribution in [0.2, 0.25) is 0 Å². The Morgan fingerprint density at radius 3 is 2.46 bits per heavy atom. The summed E-state index contributed by atoms with van der Waals surface area (Å²) >= 11 is 0. The minimum absolute atomic E-state index is 0.0612. The van der Waals surface area contributed by atoms with E-state index in [-0.39, 0.29) is 29.2 Å². The van der Waals surface area contributed by atoms with Crippen molar-refractivity contribution in [3.8, 4) is 11.1 Å². The van der Waals surface area contributed by atoms with Crippen molar-refractivity contribution in [2.45, 2.75) is 51.4 Å². The van der Waals surface area contributed by atoms with Gasteiger partial charge < -0.3 is 15.3 Å². The lowest BCUT2D eigenvalue weighted by Crippen LogP contribution is -2.41. The number of nitrogens with one attached hydrogen (secondary N) is 2. The van der Waals surface area contributed by atoms with Crippen LogP contribution in [-0.2, 0) is 10.0 Å². The van der Waals surface area contributed by atoms with Gasteiger partial charge in [0.15, 0.2) is 0 Å². The molecule has 41 heavy (non-hydrogen) atoms. The number of sulfonamides is 1. The van der Waals surface area contributed by atoms with Gasteiger partial charge in [-0.2, -0.15) is 18.2 Å². The largest absolute Gasteiger partial charge is 0.465 e. The van der Waals surface area contributed by atoms with E-state index in [1.54, 1.807) is 13.8 Å². The van der Waals surface area contributed by atoms with Crippen molar-refractivity contribution in [3.05, 3.63) is 46.6 Å². The Balaban J connectivity index is 1.62. The molecule has 3 heterocycles. The molecule has 0 bridgehead atoms. The summed E-state index contributed by atoms with van der Waals surface area (Å²) in [6.07, 6.45) is -4.63. The maximum atomic E-state index is 14.9. The first-order valence-corrected chi connectivity index (χ1v) is 14.3. The van der Waals surface area contributed by atoms with Crippen molar-refractivity contribution in [1.82, 2.24) is 19.4 Å². The number of likely N-dealkylation sites (tertiary alicyclic amines) is 1. The minimum Gasteiger partial charge on any atom is -0.465 e. The van der Waals surface area contributed by atoms with Crippen LogP contribution in [0.5, 0.6) is 0 Å². The Labute approximate surface area is 232 Å². The van der Waals surface area contributed by atoms with Crippen LogP contribution in [-0.4, -0.2) is 70.1 Å². The van der Waals surface area contributed by atoms with E-state index < -0.39 is 51.5 Å². The number of nitrogens with zero attached hydrogens (tertiary/aromatic N) is 4. The zero-order chi connectivity index (χ0) is 30.1. The number of aromatic nitrogens is 3. The van der Waals surface area contributed by atoms with Crippen LogP contribution in [0.4, 0.5) is 34.0 Å². The molecule has 1 aliphatic rings. The first-order valence-electron chi connectivity index (χ1n) is 12.7. The Bertz CT molecular complexity index is 1620. The highest BCUT2D eigenvalue weighted by atomic mass is 32.2. The molecule has 3 N–H and O–H groups in total. The minimum atomic E-state index is -4.69. The molecule has 1 fully saturated rings. The fourth-order valence-electron chi connectivity index (χ4n) is 4.51. The first kappa shape index (κ1) is 30.0. The second-order valence-electron chi connectivity index (χ2n) is 9.97. The van der Waals surface area contributed by atoms with Crippen molar-refractivity contribution >= 4 is 38.8 Å². The van der Waals surface area contributed by atoms with Gasteiger partial charge in [0.1, 0.15) is 11.5 Å². The highest BCUT2D eigenvalue weighted by molar-refractivity contribution is 7.92. The van der Waals surface area contributed by atoms with Gasteiger partial charge in [-0.1, -0.05) is 6.07 Å². The standard InChI is InChI=1S/C25H28F4N6O5S/c1-14(2)35-21-16(13-30-23(32-21)31-17-5-8-34(9-6-17)24(37)38)11-18(22(35)36)15-3-4-20(19(26)12-15)33-41(39,40)10-7-25(27,28)29/h3-4,11-14,17,33H,5-10H2,1-2H3,(H,37,38)(H,30,31,32). The van der Waals surface area contributed by atoms with E-state index in [2.05, 4.69) is 15.3 Å². The van der Waals surface area contributed by atoms with Crippen molar-refractivity contribution in [3.63, 3.8) is 0 Å². The molecule has 0 unspecified atom stereocenters. The van der Waals surface area contributed by atoms with Crippen molar-refractivity contribution in [1.29, 1.82) is 0 Å². The Kier molecular flexibility index (Phi) is 8.42. The van der Waals surface area contributed by atoms with E-state index in [1.807, 2.05) is 4.72 Å². The Hall–Kier alpha value is -3.95. The lowest BCUT2D eigenvalue weighted by Gasteiger charge is -2.30. The predicted molar refractivity (Wildman–Crippen MR) is 144 cm³/mol. The second-order valence-corrected chi connectivity index (χ2v) is 11.8. The van der Waals surface area contributed by atoms with Gasteiger partial charge in [0, 0.05) is 42.3 Å². The van der Waals surface area contributed by atoms with E-state index in [4.69, 9.17) is 5.11 Å². The van der Waals surface area contributed by atoms with Crippen LogP contribution in [0.1, 0.15) is 39.2 Å². The van der Waals surface area contributed by atoms with Crippen molar-refractivity contribution in [2.75, 3.05) is 28.9 Å². The number of piperidine rings is 1. The van der Waals surface area contributed by atoms with Gasteiger partial charge in [0.05, 0.1) is 17.9 Å². The number of hydrogen-bond donors (Lipinski definition) is 3. The lowest BCUT2D eigenvalue weighted by atomic mass is 10.0. The van der Waals surface area contributed by atoms with Gasteiger partial charge in [-0.3, -0.25) is 14.1 Å². The second kappa shape index (κ2) is 11.5. The number of halogens is 4. The normalized spacial score (nSPS) is 15.0. The first-order chi connectivity index (χ1) is 19.1. The maximum absolute atomic E-state index is 14.9. The molecule has 1 saturated heterocycles. The molecule has 4 rings (SSSR count). The number of pyridine rings is 1. The molecular formula is C25H28F4N6O5S. The maximum Gasteiger partial charge on any atom is 0.407 e. The number of rotatable bonds is 8. The molecule has 0 spiro atoms. The van der Waals surface area contributed by atoms with Crippen LogP contribution < -0.4 is 15.6 Å². The van der Waals surface area contributed by atoms with Gasteiger partial charge in [0.2, 0.25) is 16.0 Å². The number of anilines is 2. The summed E-state index contributed by atoms with van der Waals surface area (Å²) in [6, 6.07) is 4.31. The number of fused-ring (bicyclic) bond motifs is 1. The molecule has 0 atom stereocenters. The summed E-state index contributed by atoms with van der Waals surface area (Å²) in [5.74, 6) is -2.07. The molecule has 222 valence electrons. The molecule has 0 radical (unpaired) electrons. The van der Waals surface area contributed by atoms with Crippen LogP contribution in [0.25, 0.3) is 22.2 Å². The summed E-state index contributed by atoms with van der Waals surface area (Å²) in [5.41, 5.74) is -0.515.